The summed E-state index contributed by atoms with van der Waals surface area (Å²) in [6.07, 6.45) is 0. The first-order chi connectivity index (χ1) is 8.66. The first kappa shape index (κ1) is 13.1. The van der Waals surface area contributed by atoms with Crippen LogP contribution in [0.15, 0.2) is 48.5 Å². The van der Waals surface area contributed by atoms with Crippen LogP contribution in [0, 0.1) is 10.5 Å². The van der Waals surface area contributed by atoms with Gasteiger partial charge in [0.05, 0.1) is 5.56 Å². The van der Waals surface area contributed by atoms with Crippen LogP contribution in [0.3, 0.4) is 0 Å². The van der Waals surface area contributed by atoms with Gasteiger partial charge in [-0.25, -0.2) is 4.79 Å². The highest BCUT2D eigenvalue weighted by Gasteiger charge is 2.11. The number of carbonyl (C=O) groups excluding carboxylic acids is 1. The van der Waals surface area contributed by atoms with Crippen LogP contribution in [0.4, 0.5) is 0 Å². The molecule has 0 radical (unpaired) electrons. The molecule has 0 aliphatic carbocycles. The van der Waals surface area contributed by atoms with Gasteiger partial charge in [0.2, 0.25) is 0 Å². The quantitative estimate of drug-likeness (QED) is 0.618. The maximum Gasteiger partial charge on any atom is 0.339 e. The average molecular weight is 352 g/mol. The summed E-state index contributed by atoms with van der Waals surface area (Å²) in [5.41, 5.74) is 2.68. The Morgan fingerprint density at radius 2 is 1.89 bits per heavy atom. The van der Waals surface area contributed by atoms with E-state index in [0.29, 0.717) is 12.2 Å². The Balaban J connectivity index is 2.06. The van der Waals surface area contributed by atoms with E-state index in [1.807, 2.05) is 55.5 Å². The first-order valence-corrected chi connectivity index (χ1v) is 6.72. The van der Waals surface area contributed by atoms with Gasteiger partial charge >= 0.3 is 5.97 Å². The molecule has 2 nitrogen and oxygen atoms in total. The molecule has 0 unspecified atom stereocenters. The molecule has 2 aromatic rings. The van der Waals surface area contributed by atoms with E-state index >= 15 is 0 Å². The molecule has 0 heterocycles. The first-order valence-electron chi connectivity index (χ1n) is 5.64. The minimum Gasteiger partial charge on any atom is -0.457 e. The lowest BCUT2D eigenvalue weighted by Crippen LogP contribution is -2.07. The Labute approximate surface area is 120 Å². The Kier molecular flexibility index (Phi) is 4.36. The SMILES string of the molecule is Cc1ccc(I)c(C(=O)OCc2ccccc2)c1. The number of esters is 1. The summed E-state index contributed by atoms with van der Waals surface area (Å²) in [5, 5.41) is 0. The number of hydrogen-bond acceptors (Lipinski definition) is 2. The van der Waals surface area contributed by atoms with Gasteiger partial charge in [0.15, 0.2) is 0 Å². The Morgan fingerprint density at radius 3 is 2.61 bits per heavy atom. The third-order valence-electron chi connectivity index (χ3n) is 2.55. The Hall–Kier alpha value is -1.36. The lowest BCUT2D eigenvalue weighted by Gasteiger charge is -2.07. The fourth-order valence-electron chi connectivity index (χ4n) is 1.60. The monoisotopic (exact) mass is 352 g/mol. The van der Waals surface area contributed by atoms with E-state index in [1.165, 1.54) is 0 Å². The molecule has 2 rings (SSSR count). The maximum atomic E-state index is 12.0. The molecule has 0 saturated carbocycles. The van der Waals surface area contributed by atoms with Crippen molar-refractivity contribution in [3.63, 3.8) is 0 Å². The molecule has 0 N–H and O–H groups in total. The molecular weight excluding hydrogens is 339 g/mol. The Bertz CT molecular complexity index is 550. The molecule has 0 atom stereocenters. The number of halogens is 1. The van der Waals surface area contributed by atoms with E-state index in [9.17, 15) is 4.79 Å². The van der Waals surface area contributed by atoms with Crippen molar-refractivity contribution in [3.05, 3.63) is 68.8 Å². The fourth-order valence-corrected chi connectivity index (χ4v) is 2.15. The van der Waals surface area contributed by atoms with Crippen LogP contribution in [0.5, 0.6) is 0 Å². The van der Waals surface area contributed by atoms with Gasteiger partial charge < -0.3 is 4.74 Å². The zero-order valence-electron chi connectivity index (χ0n) is 10.0. The minimum atomic E-state index is -0.271. The smallest absolute Gasteiger partial charge is 0.339 e. The van der Waals surface area contributed by atoms with Gasteiger partial charge in [0.1, 0.15) is 6.61 Å². The molecule has 0 spiro atoms. The van der Waals surface area contributed by atoms with Gasteiger partial charge in [-0.1, -0.05) is 42.0 Å². The van der Waals surface area contributed by atoms with Gasteiger partial charge in [-0.05, 0) is 47.2 Å². The van der Waals surface area contributed by atoms with Crippen molar-refractivity contribution in [2.45, 2.75) is 13.5 Å². The number of aryl methyl sites for hydroxylation is 1. The second kappa shape index (κ2) is 6.00. The largest absolute Gasteiger partial charge is 0.457 e. The van der Waals surface area contributed by atoms with Crippen molar-refractivity contribution < 1.29 is 9.53 Å². The zero-order valence-corrected chi connectivity index (χ0v) is 12.2. The van der Waals surface area contributed by atoms with Gasteiger partial charge in [-0.15, -0.1) is 0 Å². The summed E-state index contributed by atoms with van der Waals surface area (Å²) >= 11 is 2.15. The van der Waals surface area contributed by atoms with Crippen LogP contribution in [-0.2, 0) is 11.3 Å². The van der Waals surface area contributed by atoms with Gasteiger partial charge in [0.25, 0.3) is 0 Å². The highest BCUT2D eigenvalue weighted by atomic mass is 127. The van der Waals surface area contributed by atoms with Crippen molar-refractivity contribution in [1.29, 1.82) is 0 Å². The number of rotatable bonds is 3. The van der Waals surface area contributed by atoms with E-state index in [2.05, 4.69) is 22.6 Å². The highest BCUT2D eigenvalue weighted by molar-refractivity contribution is 14.1. The van der Waals surface area contributed by atoms with Crippen LogP contribution in [0.1, 0.15) is 21.5 Å². The summed E-state index contributed by atoms with van der Waals surface area (Å²) in [6, 6.07) is 15.4. The number of carbonyl (C=O) groups is 1. The van der Waals surface area contributed by atoms with Crippen molar-refractivity contribution >= 4 is 28.6 Å². The molecule has 2 aromatic carbocycles. The van der Waals surface area contributed by atoms with Crippen LogP contribution in [0.25, 0.3) is 0 Å². The molecule has 0 aliphatic heterocycles. The maximum absolute atomic E-state index is 12.0. The van der Waals surface area contributed by atoms with Crippen LogP contribution in [0.2, 0.25) is 0 Å². The molecule has 0 amide bonds. The molecular formula is C15H13IO2. The number of hydrogen-bond donors (Lipinski definition) is 0. The third-order valence-corrected chi connectivity index (χ3v) is 3.50. The summed E-state index contributed by atoms with van der Waals surface area (Å²) < 4.78 is 6.22. The van der Waals surface area contributed by atoms with Crippen molar-refractivity contribution in [3.8, 4) is 0 Å². The van der Waals surface area contributed by atoms with Gasteiger partial charge in [-0.2, -0.15) is 0 Å². The zero-order chi connectivity index (χ0) is 13.0. The standard InChI is InChI=1S/C15H13IO2/c1-11-7-8-14(16)13(9-11)15(17)18-10-12-5-3-2-4-6-12/h2-9H,10H2,1H3. The van der Waals surface area contributed by atoms with Gasteiger partial charge in [0, 0.05) is 3.57 Å². The molecule has 0 bridgehead atoms. The van der Waals surface area contributed by atoms with Crippen LogP contribution in [-0.4, -0.2) is 5.97 Å². The second-order valence-electron chi connectivity index (χ2n) is 4.05. The van der Waals surface area contributed by atoms with Crippen LogP contribution < -0.4 is 0 Å². The van der Waals surface area contributed by atoms with Crippen molar-refractivity contribution in [2.75, 3.05) is 0 Å². The average Bonchev–Trinajstić information content (AvgIpc) is 2.40. The molecule has 0 fully saturated rings. The predicted octanol–water partition coefficient (Wildman–Crippen LogP) is 3.96. The molecule has 3 heteroatoms. The van der Waals surface area contributed by atoms with Gasteiger partial charge in [-0.3, -0.25) is 0 Å². The molecule has 18 heavy (non-hydrogen) atoms. The normalized spacial score (nSPS) is 10.1. The number of ether oxygens (including phenoxy) is 1. The lowest BCUT2D eigenvalue weighted by molar-refractivity contribution is 0.0471. The van der Waals surface area contributed by atoms with E-state index < -0.39 is 0 Å². The molecule has 0 saturated heterocycles. The highest BCUT2D eigenvalue weighted by Crippen LogP contribution is 2.16. The topological polar surface area (TPSA) is 26.3 Å². The van der Waals surface area contributed by atoms with E-state index in [-0.39, 0.29) is 5.97 Å². The Morgan fingerprint density at radius 1 is 1.17 bits per heavy atom. The van der Waals surface area contributed by atoms with E-state index in [1.54, 1.807) is 0 Å². The summed E-state index contributed by atoms with van der Waals surface area (Å²) in [4.78, 5) is 12.0. The van der Waals surface area contributed by atoms with Crippen LogP contribution >= 0.6 is 22.6 Å². The minimum absolute atomic E-state index is 0.271. The summed E-state index contributed by atoms with van der Waals surface area (Å²) in [7, 11) is 0. The van der Waals surface area contributed by atoms with Crippen molar-refractivity contribution in [1.82, 2.24) is 0 Å². The predicted molar refractivity (Wildman–Crippen MR) is 79.5 cm³/mol. The number of benzene rings is 2. The summed E-state index contributed by atoms with van der Waals surface area (Å²) in [6.45, 7) is 2.27. The molecule has 92 valence electrons. The summed E-state index contributed by atoms with van der Waals surface area (Å²) in [5.74, 6) is -0.271. The third kappa shape index (κ3) is 3.32. The molecule has 0 aliphatic rings. The van der Waals surface area contributed by atoms with Crippen molar-refractivity contribution in [2.24, 2.45) is 0 Å². The molecule has 0 aromatic heterocycles. The fraction of sp³-hybridized carbons (Fsp3) is 0.133. The van der Waals surface area contributed by atoms with E-state index in [0.717, 1.165) is 14.7 Å². The lowest BCUT2D eigenvalue weighted by atomic mass is 10.1. The second-order valence-corrected chi connectivity index (χ2v) is 5.21. The van der Waals surface area contributed by atoms with E-state index in [4.69, 9.17) is 4.74 Å².